The van der Waals surface area contributed by atoms with Crippen molar-refractivity contribution in [3.05, 3.63) is 17.2 Å². The summed E-state index contributed by atoms with van der Waals surface area (Å²) in [5.74, 6) is 0. The molecule has 1 aromatic rings. The third kappa shape index (κ3) is 1.27. The van der Waals surface area contributed by atoms with Crippen LogP contribution < -0.4 is 0 Å². The van der Waals surface area contributed by atoms with E-state index in [0.717, 1.165) is 4.77 Å². The van der Waals surface area contributed by atoms with Gasteiger partial charge < -0.3 is 14.2 Å². The number of aliphatic hydroxyl groups is 1. The highest BCUT2D eigenvalue weighted by Gasteiger charge is 1.92. The smallest absolute Gasteiger partial charge is 0.179 e. The van der Waals surface area contributed by atoms with E-state index in [9.17, 15) is 0 Å². The van der Waals surface area contributed by atoms with Crippen LogP contribution in [0.4, 0.5) is 0 Å². The topological polar surface area (TPSA) is 30.1 Å². The van der Waals surface area contributed by atoms with Crippen molar-refractivity contribution in [2.45, 2.75) is 6.54 Å². The predicted molar refractivity (Wildman–Crippen MR) is 41.3 cm³/mol. The molecule has 0 aromatic carbocycles. The van der Waals surface area contributed by atoms with Crippen LogP contribution in [0.1, 0.15) is 0 Å². The summed E-state index contributed by atoms with van der Waals surface area (Å²) in [6.45, 7) is 0.720. The number of hydrogen-bond acceptors (Lipinski definition) is 2. The fourth-order valence-corrected chi connectivity index (χ4v) is 1.00. The van der Waals surface area contributed by atoms with E-state index >= 15 is 0 Å². The van der Waals surface area contributed by atoms with Gasteiger partial charge in [-0.3, -0.25) is 0 Å². The van der Waals surface area contributed by atoms with Crippen molar-refractivity contribution in [1.82, 2.24) is 9.13 Å². The Morgan fingerprint density at radius 2 is 2.30 bits per heavy atom. The molecule has 0 saturated heterocycles. The second-order valence-electron chi connectivity index (χ2n) is 2.11. The van der Waals surface area contributed by atoms with Crippen LogP contribution in [0.25, 0.3) is 0 Å². The summed E-state index contributed by atoms with van der Waals surface area (Å²) < 4.78 is 4.41. The van der Waals surface area contributed by atoms with Crippen LogP contribution in [0, 0.1) is 4.77 Å². The normalized spacial score (nSPS) is 10.2. The average molecular weight is 158 g/mol. The fraction of sp³-hybridized carbons (Fsp3) is 0.500. The van der Waals surface area contributed by atoms with E-state index in [2.05, 4.69) is 0 Å². The third-order valence-electron chi connectivity index (χ3n) is 1.36. The molecule has 0 amide bonds. The number of nitrogens with zero attached hydrogens (tertiary/aromatic N) is 2. The second-order valence-corrected chi connectivity index (χ2v) is 2.47. The number of rotatable bonds is 2. The molecular formula is C6H10N2OS. The van der Waals surface area contributed by atoms with Gasteiger partial charge in [-0.1, -0.05) is 0 Å². The monoisotopic (exact) mass is 158 g/mol. The van der Waals surface area contributed by atoms with Crippen molar-refractivity contribution in [3.63, 3.8) is 0 Å². The molecule has 0 saturated carbocycles. The van der Waals surface area contributed by atoms with Crippen LogP contribution in [-0.4, -0.2) is 20.8 Å². The molecule has 1 rings (SSSR count). The molecule has 1 heterocycles. The van der Waals surface area contributed by atoms with Crippen LogP contribution in [0.15, 0.2) is 12.4 Å². The van der Waals surface area contributed by atoms with Crippen LogP contribution in [-0.2, 0) is 13.6 Å². The van der Waals surface area contributed by atoms with Gasteiger partial charge in [0, 0.05) is 26.0 Å². The summed E-state index contributed by atoms with van der Waals surface area (Å²) in [6, 6.07) is 0. The summed E-state index contributed by atoms with van der Waals surface area (Å²) in [6.07, 6.45) is 3.73. The zero-order valence-electron chi connectivity index (χ0n) is 5.82. The Morgan fingerprint density at radius 1 is 1.60 bits per heavy atom. The minimum atomic E-state index is 0.137. The lowest BCUT2D eigenvalue weighted by molar-refractivity contribution is 0.275. The number of imidazole rings is 1. The molecule has 0 aliphatic rings. The molecule has 0 aliphatic carbocycles. The van der Waals surface area contributed by atoms with Gasteiger partial charge in [0.1, 0.15) is 0 Å². The van der Waals surface area contributed by atoms with Crippen molar-refractivity contribution in [3.8, 4) is 0 Å². The first-order chi connectivity index (χ1) is 4.75. The van der Waals surface area contributed by atoms with Crippen molar-refractivity contribution < 1.29 is 5.11 Å². The highest BCUT2D eigenvalue weighted by Crippen LogP contribution is 1.93. The molecule has 4 heteroatoms. The first kappa shape index (κ1) is 7.50. The highest BCUT2D eigenvalue weighted by atomic mass is 32.1. The lowest BCUT2D eigenvalue weighted by atomic mass is 10.7. The summed E-state index contributed by atoms with van der Waals surface area (Å²) >= 11 is 5.01. The predicted octanol–water partition coefficient (Wildman–Crippen LogP) is 0.548. The van der Waals surface area contributed by atoms with Crippen molar-refractivity contribution in [1.29, 1.82) is 0 Å². The summed E-state index contributed by atoms with van der Waals surface area (Å²) in [7, 11) is 1.89. The Morgan fingerprint density at radius 3 is 2.70 bits per heavy atom. The van der Waals surface area contributed by atoms with Crippen LogP contribution >= 0.6 is 12.2 Å². The molecule has 0 bridgehead atoms. The minimum absolute atomic E-state index is 0.137. The Hall–Kier alpha value is -0.610. The molecule has 3 nitrogen and oxygen atoms in total. The quantitative estimate of drug-likeness (QED) is 0.637. The van der Waals surface area contributed by atoms with Gasteiger partial charge in [0.05, 0.1) is 6.61 Å². The Labute approximate surface area is 64.5 Å². The molecular weight excluding hydrogens is 148 g/mol. The van der Waals surface area contributed by atoms with E-state index < -0.39 is 0 Å². The van der Waals surface area contributed by atoms with E-state index in [4.69, 9.17) is 17.3 Å². The zero-order valence-corrected chi connectivity index (χ0v) is 6.64. The molecule has 0 spiro atoms. The van der Waals surface area contributed by atoms with Gasteiger partial charge in [0.2, 0.25) is 0 Å². The Balaban J connectivity index is 2.95. The number of aryl methyl sites for hydroxylation is 1. The van der Waals surface area contributed by atoms with Gasteiger partial charge in [0.15, 0.2) is 4.77 Å². The van der Waals surface area contributed by atoms with Gasteiger partial charge in [-0.15, -0.1) is 0 Å². The zero-order chi connectivity index (χ0) is 7.56. The molecule has 0 fully saturated rings. The van der Waals surface area contributed by atoms with Gasteiger partial charge >= 0.3 is 0 Å². The van der Waals surface area contributed by atoms with E-state index in [-0.39, 0.29) is 6.61 Å². The lowest BCUT2D eigenvalue weighted by Crippen LogP contribution is -2.01. The molecule has 0 radical (unpaired) electrons. The molecule has 1 N–H and O–H groups in total. The largest absolute Gasteiger partial charge is 0.395 e. The van der Waals surface area contributed by atoms with Crippen LogP contribution in [0.5, 0.6) is 0 Å². The number of hydrogen-bond donors (Lipinski definition) is 1. The number of aliphatic hydroxyl groups excluding tert-OH is 1. The maximum atomic E-state index is 8.58. The fourth-order valence-electron chi connectivity index (χ4n) is 0.789. The standard InChI is InChI=1S/C6H10N2OS/c1-7-2-3-8(4-5-9)6(7)10/h2-3,9H,4-5H2,1H3. The first-order valence-electron chi connectivity index (χ1n) is 3.08. The van der Waals surface area contributed by atoms with Crippen LogP contribution in [0.3, 0.4) is 0 Å². The van der Waals surface area contributed by atoms with E-state index in [1.54, 1.807) is 0 Å². The average Bonchev–Trinajstić information content (AvgIpc) is 2.20. The van der Waals surface area contributed by atoms with Crippen molar-refractivity contribution in [2.24, 2.45) is 7.05 Å². The van der Waals surface area contributed by atoms with Gasteiger partial charge in [-0.25, -0.2) is 0 Å². The van der Waals surface area contributed by atoms with Crippen molar-refractivity contribution >= 4 is 12.2 Å². The van der Waals surface area contributed by atoms with E-state index in [0.29, 0.717) is 6.54 Å². The third-order valence-corrected chi connectivity index (χ3v) is 1.88. The SMILES string of the molecule is Cn1ccn(CCO)c1=S. The first-order valence-corrected chi connectivity index (χ1v) is 3.49. The van der Waals surface area contributed by atoms with E-state index in [1.165, 1.54) is 0 Å². The maximum Gasteiger partial charge on any atom is 0.179 e. The van der Waals surface area contributed by atoms with E-state index in [1.807, 2.05) is 28.6 Å². The highest BCUT2D eigenvalue weighted by molar-refractivity contribution is 7.71. The summed E-state index contributed by atoms with van der Waals surface area (Å²) in [5.41, 5.74) is 0. The minimum Gasteiger partial charge on any atom is -0.395 e. The molecule has 10 heavy (non-hydrogen) atoms. The Kier molecular flexibility index (Phi) is 2.24. The number of aromatic nitrogens is 2. The Bertz CT molecular complexity index is 263. The molecule has 0 unspecified atom stereocenters. The van der Waals surface area contributed by atoms with Crippen molar-refractivity contribution in [2.75, 3.05) is 6.61 Å². The van der Waals surface area contributed by atoms with Gasteiger partial charge in [-0.2, -0.15) is 0 Å². The molecule has 0 atom stereocenters. The lowest BCUT2D eigenvalue weighted by Gasteiger charge is -1.96. The van der Waals surface area contributed by atoms with Gasteiger partial charge in [-0.05, 0) is 12.2 Å². The molecule has 0 aliphatic heterocycles. The van der Waals surface area contributed by atoms with Gasteiger partial charge in [0.25, 0.3) is 0 Å². The summed E-state index contributed by atoms with van der Waals surface area (Å²) in [4.78, 5) is 0. The van der Waals surface area contributed by atoms with Crippen LogP contribution in [0.2, 0.25) is 0 Å². The summed E-state index contributed by atoms with van der Waals surface area (Å²) in [5, 5.41) is 8.58. The molecule has 56 valence electrons. The second kappa shape index (κ2) is 2.98. The molecule has 1 aromatic heterocycles. The maximum absolute atomic E-state index is 8.58.